The second-order valence-electron chi connectivity index (χ2n) is 4.94. The lowest BCUT2D eigenvalue weighted by Crippen LogP contribution is -2.15. The van der Waals surface area contributed by atoms with Gasteiger partial charge in [-0.15, -0.1) is 0 Å². The van der Waals surface area contributed by atoms with Gasteiger partial charge in [0.25, 0.3) is 0 Å². The van der Waals surface area contributed by atoms with Crippen LogP contribution < -0.4 is 0 Å². The van der Waals surface area contributed by atoms with Gasteiger partial charge >= 0.3 is 0 Å². The summed E-state index contributed by atoms with van der Waals surface area (Å²) in [6.07, 6.45) is 3.11. The lowest BCUT2D eigenvalue weighted by Gasteiger charge is -2.17. The summed E-state index contributed by atoms with van der Waals surface area (Å²) < 4.78 is 5.55. The lowest BCUT2D eigenvalue weighted by atomic mass is 9.90. The zero-order chi connectivity index (χ0) is 12.0. The number of fused-ring (bicyclic) bond motifs is 2. The first kappa shape index (κ1) is 10.5. The molecular formula is C14H15NO2. The van der Waals surface area contributed by atoms with Gasteiger partial charge in [0.1, 0.15) is 5.69 Å². The highest BCUT2D eigenvalue weighted by Gasteiger charge is 2.31. The van der Waals surface area contributed by atoms with Crippen LogP contribution in [0.25, 0.3) is 5.76 Å². The molecule has 88 valence electrons. The van der Waals surface area contributed by atoms with Crippen LogP contribution in [0.2, 0.25) is 0 Å². The average molecular weight is 229 g/mol. The molecule has 3 heteroatoms. The van der Waals surface area contributed by atoms with Gasteiger partial charge in [0.15, 0.2) is 11.5 Å². The van der Waals surface area contributed by atoms with Crippen molar-refractivity contribution in [2.75, 3.05) is 6.61 Å². The van der Waals surface area contributed by atoms with E-state index in [2.05, 4.69) is 24.9 Å². The van der Waals surface area contributed by atoms with E-state index in [1.54, 1.807) is 0 Å². The van der Waals surface area contributed by atoms with Gasteiger partial charge in [-0.3, -0.25) is 9.78 Å². The number of Topliss-reactive ketones (excluding diaryl/α,β-unsaturated/α-hetero) is 1. The molecule has 1 aromatic rings. The zero-order valence-corrected chi connectivity index (χ0v) is 10.1. The summed E-state index contributed by atoms with van der Waals surface area (Å²) in [5, 5.41) is 0. The molecular weight excluding hydrogens is 214 g/mol. The maximum absolute atomic E-state index is 12.0. The fraction of sp³-hybridized carbons (Fsp3) is 0.429. The number of carbonyl (C=O) groups excluding carboxylic acids is 1. The monoisotopic (exact) mass is 229 g/mol. The minimum Gasteiger partial charge on any atom is -0.491 e. The highest BCUT2D eigenvalue weighted by Crippen LogP contribution is 2.35. The van der Waals surface area contributed by atoms with Crippen molar-refractivity contribution in [3.8, 4) is 0 Å². The first-order valence-corrected chi connectivity index (χ1v) is 6.05. The number of nitrogens with zero attached hydrogens (tertiary/aromatic N) is 1. The summed E-state index contributed by atoms with van der Waals surface area (Å²) in [4.78, 5) is 16.4. The molecule has 17 heavy (non-hydrogen) atoms. The Morgan fingerprint density at radius 3 is 3.00 bits per heavy atom. The average Bonchev–Trinajstić information content (AvgIpc) is 2.78. The Morgan fingerprint density at radius 1 is 1.41 bits per heavy atom. The number of hydrogen-bond donors (Lipinski definition) is 0. The number of rotatable bonds is 1. The number of pyridine rings is 1. The molecule has 0 fully saturated rings. The van der Waals surface area contributed by atoms with Crippen LogP contribution in [0.1, 0.15) is 43.0 Å². The number of ketones is 1. The minimum absolute atomic E-state index is 0.202. The van der Waals surface area contributed by atoms with Crippen molar-refractivity contribution in [3.63, 3.8) is 0 Å². The highest BCUT2D eigenvalue weighted by atomic mass is 16.5. The van der Waals surface area contributed by atoms with Gasteiger partial charge in [-0.1, -0.05) is 19.9 Å². The molecule has 1 aromatic heterocycles. The van der Waals surface area contributed by atoms with Gasteiger partial charge in [-0.2, -0.15) is 0 Å². The number of carbonyl (C=O) groups is 1. The Hall–Kier alpha value is -1.64. The third-order valence-electron chi connectivity index (χ3n) is 3.43. The fourth-order valence-corrected chi connectivity index (χ4v) is 2.40. The van der Waals surface area contributed by atoms with Crippen LogP contribution in [0.5, 0.6) is 0 Å². The molecule has 1 aliphatic heterocycles. The van der Waals surface area contributed by atoms with E-state index >= 15 is 0 Å². The first-order valence-electron chi connectivity index (χ1n) is 6.05. The highest BCUT2D eigenvalue weighted by molar-refractivity contribution is 6.06. The van der Waals surface area contributed by atoms with E-state index in [0.29, 0.717) is 18.9 Å². The van der Waals surface area contributed by atoms with Gasteiger partial charge in [-0.05, 0) is 17.0 Å². The molecule has 0 saturated carbocycles. The lowest BCUT2D eigenvalue weighted by molar-refractivity contribution is -0.115. The van der Waals surface area contributed by atoms with Gasteiger partial charge in [0, 0.05) is 24.6 Å². The van der Waals surface area contributed by atoms with E-state index in [4.69, 9.17) is 4.74 Å². The molecule has 2 aliphatic rings. The second kappa shape index (κ2) is 3.69. The molecule has 1 aliphatic carbocycles. The fourth-order valence-electron chi connectivity index (χ4n) is 2.40. The Labute approximate surface area is 101 Å². The summed E-state index contributed by atoms with van der Waals surface area (Å²) in [5.74, 6) is 1.36. The van der Waals surface area contributed by atoms with E-state index in [1.165, 1.54) is 5.56 Å². The van der Waals surface area contributed by atoms with Crippen LogP contribution in [-0.2, 0) is 16.0 Å². The molecule has 0 N–H and O–H groups in total. The van der Waals surface area contributed by atoms with E-state index < -0.39 is 0 Å². The third-order valence-corrected chi connectivity index (χ3v) is 3.43. The second-order valence-corrected chi connectivity index (χ2v) is 4.94. The molecule has 0 unspecified atom stereocenters. The largest absolute Gasteiger partial charge is 0.491 e. The Balaban J connectivity index is 2.13. The van der Waals surface area contributed by atoms with Crippen molar-refractivity contribution in [1.29, 1.82) is 0 Å². The van der Waals surface area contributed by atoms with Crippen molar-refractivity contribution in [3.05, 3.63) is 34.7 Å². The summed E-state index contributed by atoms with van der Waals surface area (Å²) in [5.41, 5.74) is 3.91. The van der Waals surface area contributed by atoms with Gasteiger partial charge in [-0.25, -0.2) is 0 Å². The van der Waals surface area contributed by atoms with Crippen LogP contribution in [0.3, 0.4) is 0 Å². The molecule has 0 aromatic carbocycles. The number of aromatic nitrogens is 1. The zero-order valence-electron chi connectivity index (χ0n) is 10.1. The van der Waals surface area contributed by atoms with Crippen molar-refractivity contribution < 1.29 is 9.53 Å². The SMILES string of the molecule is CC(C)c1cnc2c(c1)CC(=O)C1=C2OCC1. The molecule has 0 bridgehead atoms. The first-order chi connectivity index (χ1) is 8.16. The van der Waals surface area contributed by atoms with Crippen LogP contribution in [-0.4, -0.2) is 17.4 Å². The maximum Gasteiger partial charge on any atom is 0.167 e. The Morgan fingerprint density at radius 2 is 2.24 bits per heavy atom. The smallest absolute Gasteiger partial charge is 0.167 e. The van der Waals surface area contributed by atoms with E-state index in [9.17, 15) is 4.79 Å². The predicted octanol–water partition coefficient (Wildman–Crippen LogP) is 2.46. The normalized spacial score (nSPS) is 18.2. The predicted molar refractivity (Wildman–Crippen MR) is 64.5 cm³/mol. The molecule has 0 saturated heterocycles. The molecule has 2 heterocycles. The van der Waals surface area contributed by atoms with Crippen LogP contribution >= 0.6 is 0 Å². The molecule has 3 nitrogen and oxygen atoms in total. The van der Waals surface area contributed by atoms with Crippen molar-refractivity contribution in [2.24, 2.45) is 0 Å². The van der Waals surface area contributed by atoms with E-state index in [1.807, 2.05) is 6.20 Å². The van der Waals surface area contributed by atoms with Crippen molar-refractivity contribution >= 4 is 11.5 Å². The molecule has 0 spiro atoms. The summed E-state index contributed by atoms with van der Waals surface area (Å²) in [7, 11) is 0. The van der Waals surface area contributed by atoms with Crippen LogP contribution in [0, 0.1) is 0 Å². The molecule has 3 rings (SSSR count). The number of ether oxygens (including phenoxy) is 1. The van der Waals surface area contributed by atoms with Crippen LogP contribution in [0.4, 0.5) is 0 Å². The van der Waals surface area contributed by atoms with Gasteiger partial charge in [0.05, 0.1) is 6.61 Å². The summed E-state index contributed by atoms with van der Waals surface area (Å²) in [6.45, 7) is 4.87. The Kier molecular flexibility index (Phi) is 2.28. The van der Waals surface area contributed by atoms with E-state index in [0.717, 1.165) is 29.0 Å². The van der Waals surface area contributed by atoms with Gasteiger partial charge < -0.3 is 4.74 Å². The summed E-state index contributed by atoms with van der Waals surface area (Å²) >= 11 is 0. The molecule has 0 atom stereocenters. The molecule has 0 radical (unpaired) electrons. The van der Waals surface area contributed by atoms with Gasteiger partial charge in [0.2, 0.25) is 0 Å². The van der Waals surface area contributed by atoms with Crippen molar-refractivity contribution in [1.82, 2.24) is 4.98 Å². The molecule has 0 amide bonds. The maximum atomic E-state index is 12.0. The van der Waals surface area contributed by atoms with Crippen LogP contribution in [0.15, 0.2) is 17.8 Å². The number of hydrogen-bond acceptors (Lipinski definition) is 3. The third kappa shape index (κ3) is 1.57. The van der Waals surface area contributed by atoms with E-state index in [-0.39, 0.29) is 5.78 Å². The minimum atomic E-state index is 0.202. The Bertz CT molecular complexity index is 529. The quantitative estimate of drug-likeness (QED) is 0.742. The van der Waals surface area contributed by atoms with Crippen molar-refractivity contribution in [2.45, 2.75) is 32.6 Å². The standard InChI is InChI=1S/C14H15NO2/c1-8(2)10-5-9-6-12(16)11-3-4-17-14(11)13(9)15-7-10/h5,7-8H,3-4,6H2,1-2H3. The topological polar surface area (TPSA) is 39.2 Å². The summed E-state index contributed by atoms with van der Waals surface area (Å²) in [6, 6.07) is 2.09.